The number of rotatable bonds is 6. The molecule has 0 atom stereocenters. The number of nitrogens with zero attached hydrogens (tertiary/aromatic N) is 2. The van der Waals surface area contributed by atoms with Crippen LogP contribution in [0.2, 0.25) is 0 Å². The molecule has 7 nitrogen and oxygen atoms in total. The number of ketones is 1. The smallest absolute Gasteiger partial charge is 0.262 e. The van der Waals surface area contributed by atoms with Crippen LogP contribution in [-0.2, 0) is 13.0 Å². The maximum Gasteiger partial charge on any atom is 0.262 e. The number of pyridine rings is 2. The lowest BCUT2D eigenvalue weighted by Gasteiger charge is -2.28. The van der Waals surface area contributed by atoms with Crippen LogP contribution in [0.3, 0.4) is 0 Å². The standard InChI is InChI=1S/C14H10BrFN2O2.C14H11BrFNO2.CH2ClI/c15-10-5-12-13(17-6-10)20-8-18(14(12)19)7-9-1-3-11(16)4-2-9;15-10-7-12(14(19)17-8-10)13(18)6-3-9-1-4-11(16)5-2-9;2-1-3/h1-6H,7-8H2;1-2,4-5,7-8H,3,6H2,(H,17,19);1H2. The summed E-state index contributed by atoms with van der Waals surface area (Å²) in [6, 6.07) is 15.2. The van der Waals surface area contributed by atoms with E-state index >= 15 is 0 Å². The van der Waals surface area contributed by atoms with Gasteiger partial charge in [-0.05, 0) is 85.8 Å². The normalized spacial score (nSPS) is 11.8. The maximum atomic E-state index is 12.9. The predicted molar refractivity (Wildman–Crippen MR) is 172 cm³/mol. The van der Waals surface area contributed by atoms with E-state index in [4.69, 9.17) is 16.3 Å². The van der Waals surface area contributed by atoms with Crippen molar-refractivity contribution in [1.82, 2.24) is 14.9 Å². The fourth-order valence-electron chi connectivity index (χ4n) is 3.70. The van der Waals surface area contributed by atoms with E-state index in [0.717, 1.165) is 15.6 Å². The molecule has 4 aromatic rings. The van der Waals surface area contributed by atoms with Crippen LogP contribution >= 0.6 is 66.1 Å². The molecule has 1 aliphatic heterocycles. The average molecular weight is 838 g/mol. The summed E-state index contributed by atoms with van der Waals surface area (Å²) in [5.41, 5.74) is 1.87. The number of Topliss-reactive ketones (excluding diaryl/α,β-unsaturated/α-hetero) is 1. The Morgan fingerprint density at radius 1 is 1.00 bits per heavy atom. The van der Waals surface area contributed by atoms with Crippen molar-refractivity contribution in [3.05, 3.63) is 126 Å². The van der Waals surface area contributed by atoms with Gasteiger partial charge in [0.25, 0.3) is 11.5 Å². The number of aryl methyl sites for hydroxylation is 1. The SMILES string of the molecule is ClCI.O=C(CCc1ccc(F)cc1)c1cc(Br)c[nH]c1=O.O=C1c2cc(Br)cnc2OCN1Cc1ccc(F)cc1. The summed E-state index contributed by atoms with van der Waals surface area (Å²) in [5.74, 6) is -0.642. The lowest BCUT2D eigenvalue weighted by Crippen LogP contribution is -2.38. The summed E-state index contributed by atoms with van der Waals surface area (Å²) >= 11 is 13.5. The van der Waals surface area contributed by atoms with E-state index in [2.05, 4.69) is 64.4 Å². The molecule has 1 amide bonds. The number of ether oxygens (including phenoxy) is 1. The Hall–Kier alpha value is -2.68. The van der Waals surface area contributed by atoms with Gasteiger partial charge in [0.2, 0.25) is 5.88 Å². The molecule has 0 aliphatic carbocycles. The number of carbonyl (C=O) groups is 2. The maximum absolute atomic E-state index is 12.9. The highest BCUT2D eigenvalue weighted by Crippen LogP contribution is 2.26. The summed E-state index contributed by atoms with van der Waals surface area (Å²) in [5, 5.41) is 0. The number of benzene rings is 2. The second-order valence-electron chi connectivity index (χ2n) is 8.62. The minimum absolute atomic E-state index is 0.136. The van der Waals surface area contributed by atoms with Gasteiger partial charge in [0.05, 0.1) is 9.45 Å². The monoisotopic (exact) mass is 835 g/mol. The van der Waals surface area contributed by atoms with Crippen molar-refractivity contribution >= 4 is 77.7 Å². The van der Waals surface area contributed by atoms with Crippen LogP contribution < -0.4 is 10.3 Å². The van der Waals surface area contributed by atoms with Crippen LogP contribution in [0.1, 0.15) is 38.3 Å². The molecule has 220 valence electrons. The Morgan fingerprint density at radius 3 is 2.21 bits per heavy atom. The Bertz CT molecular complexity index is 1570. The van der Waals surface area contributed by atoms with Gasteiger partial charge in [0, 0.05) is 34.3 Å². The molecule has 0 spiro atoms. The highest BCUT2D eigenvalue weighted by molar-refractivity contribution is 14.1. The van der Waals surface area contributed by atoms with Crippen molar-refractivity contribution in [2.45, 2.75) is 19.4 Å². The van der Waals surface area contributed by atoms with E-state index in [1.807, 2.05) is 0 Å². The van der Waals surface area contributed by atoms with Crippen molar-refractivity contribution in [1.29, 1.82) is 0 Å². The zero-order valence-corrected chi connectivity index (χ0v) is 27.8. The number of fused-ring (bicyclic) bond motifs is 1. The first-order valence-corrected chi connectivity index (χ1v) is 15.9. The molecule has 0 radical (unpaired) electrons. The van der Waals surface area contributed by atoms with Crippen LogP contribution in [0, 0.1) is 11.6 Å². The topological polar surface area (TPSA) is 92.4 Å². The molecule has 1 aliphatic rings. The van der Waals surface area contributed by atoms with Gasteiger partial charge in [0.1, 0.15) is 17.2 Å². The van der Waals surface area contributed by atoms with Crippen molar-refractivity contribution < 1.29 is 23.1 Å². The number of carbonyl (C=O) groups excluding carboxylic acids is 2. The number of alkyl halides is 2. The molecule has 0 saturated carbocycles. The van der Waals surface area contributed by atoms with Crippen molar-refractivity contribution in [3.8, 4) is 5.88 Å². The van der Waals surface area contributed by atoms with Gasteiger partial charge >= 0.3 is 0 Å². The van der Waals surface area contributed by atoms with Crippen molar-refractivity contribution in [2.24, 2.45) is 0 Å². The number of H-pyrrole nitrogens is 1. The first kappa shape index (κ1) is 33.8. The third-order valence-electron chi connectivity index (χ3n) is 5.70. The number of halogens is 6. The van der Waals surface area contributed by atoms with E-state index in [0.29, 0.717) is 32.8 Å². The van der Waals surface area contributed by atoms with Gasteiger partial charge < -0.3 is 14.6 Å². The number of hydrogen-bond donors (Lipinski definition) is 1. The quantitative estimate of drug-likeness (QED) is 0.122. The first-order valence-electron chi connectivity index (χ1n) is 12.2. The van der Waals surface area contributed by atoms with Crippen LogP contribution in [0.5, 0.6) is 5.88 Å². The zero-order chi connectivity index (χ0) is 30.6. The van der Waals surface area contributed by atoms with E-state index in [9.17, 15) is 23.2 Å². The number of aromatic amines is 1. The molecule has 2 aromatic carbocycles. The van der Waals surface area contributed by atoms with Crippen molar-refractivity contribution in [3.63, 3.8) is 0 Å². The highest BCUT2D eigenvalue weighted by Gasteiger charge is 2.27. The number of aromatic nitrogens is 2. The molecule has 0 unspecified atom stereocenters. The van der Waals surface area contributed by atoms with Gasteiger partial charge in [-0.1, -0.05) is 46.9 Å². The Labute approximate surface area is 276 Å². The lowest BCUT2D eigenvalue weighted by molar-refractivity contribution is 0.0484. The second-order valence-corrected chi connectivity index (χ2v) is 12.4. The Balaban J connectivity index is 0.000000211. The summed E-state index contributed by atoms with van der Waals surface area (Å²) in [4.78, 5) is 43.9. The molecular formula is C29H23Br2ClF2IN3O4. The number of hydrogen-bond acceptors (Lipinski definition) is 5. The molecule has 0 saturated heterocycles. The minimum Gasteiger partial charge on any atom is -0.456 e. The summed E-state index contributed by atoms with van der Waals surface area (Å²) in [7, 11) is 0. The van der Waals surface area contributed by atoms with Crippen LogP contribution in [-0.4, -0.2) is 37.2 Å². The van der Waals surface area contributed by atoms with E-state index < -0.39 is 5.56 Å². The third-order valence-corrected chi connectivity index (χ3v) is 6.59. The Morgan fingerprint density at radius 2 is 1.60 bits per heavy atom. The molecule has 0 bridgehead atoms. The number of nitrogens with one attached hydrogen (secondary N) is 1. The summed E-state index contributed by atoms with van der Waals surface area (Å²) in [6.07, 6.45) is 3.76. The third kappa shape index (κ3) is 10.2. The Kier molecular flexibility index (Phi) is 13.5. The average Bonchev–Trinajstić information content (AvgIpc) is 2.97. The number of amides is 1. The van der Waals surface area contributed by atoms with Crippen LogP contribution in [0.25, 0.3) is 0 Å². The van der Waals surface area contributed by atoms with E-state index in [1.165, 1.54) is 36.5 Å². The molecule has 13 heteroatoms. The van der Waals surface area contributed by atoms with Gasteiger partial charge in [-0.25, -0.2) is 13.8 Å². The van der Waals surface area contributed by atoms with Gasteiger partial charge in [-0.3, -0.25) is 14.4 Å². The molecular weight excluding hydrogens is 814 g/mol. The van der Waals surface area contributed by atoms with E-state index in [-0.39, 0.29) is 42.0 Å². The molecule has 3 heterocycles. The highest BCUT2D eigenvalue weighted by atomic mass is 127. The summed E-state index contributed by atoms with van der Waals surface area (Å²) < 4.78 is 33.1. The summed E-state index contributed by atoms with van der Waals surface area (Å²) in [6.45, 7) is 0.503. The molecule has 0 fully saturated rings. The predicted octanol–water partition coefficient (Wildman–Crippen LogP) is 7.69. The molecule has 2 aromatic heterocycles. The van der Waals surface area contributed by atoms with Gasteiger partial charge in [-0.2, -0.15) is 0 Å². The lowest BCUT2D eigenvalue weighted by atomic mass is 10.0. The minimum atomic E-state index is -0.396. The molecule has 5 rings (SSSR count). The van der Waals surface area contributed by atoms with Gasteiger partial charge in [-0.15, -0.1) is 11.6 Å². The molecule has 1 N–H and O–H groups in total. The van der Waals surface area contributed by atoms with Crippen molar-refractivity contribution in [2.75, 3.05) is 10.6 Å². The van der Waals surface area contributed by atoms with Crippen LogP contribution in [0.4, 0.5) is 8.78 Å². The molecule has 42 heavy (non-hydrogen) atoms. The van der Waals surface area contributed by atoms with Gasteiger partial charge in [0.15, 0.2) is 12.5 Å². The van der Waals surface area contributed by atoms with Crippen LogP contribution in [0.15, 0.2) is 86.8 Å². The zero-order valence-electron chi connectivity index (χ0n) is 21.8. The first-order chi connectivity index (χ1) is 20.1. The fraction of sp³-hybridized carbons (Fsp3) is 0.172. The second kappa shape index (κ2) is 16.8. The van der Waals surface area contributed by atoms with E-state index in [1.54, 1.807) is 41.4 Å². The largest absolute Gasteiger partial charge is 0.456 e. The fourth-order valence-corrected chi connectivity index (χ4v) is 4.37.